The Hall–Kier alpha value is -1.69. The van der Waals surface area contributed by atoms with E-state index in [2.05, 4.69) is 0 Å². The average molecular weight is 265 g/mol. The molecule has 0 aliphatic rings. The molecule has 0 fully saturated rings. The minimum atomic E-state index is -0.204. The largest absolute Gasteiger partial charge is 0.497 e. The monoisotopic (exact) mass is 265 g/mol. The van der Waals surface area contributed by atoms with E-state index in [1.54, 1.807) is 24.8 Å². The van der Waals surface area contributed by atoms with Gasteiger partial charge in [-0.3, -0.25) is 9.98 Å². The number of rotatable bonds is 2. The number of hydrogen-bond acceptors (Lipinski definition) is 4. The number of ether oxygens (including phenoxy) is 1. The minimum Gasteiger partial charge on any atom is -0.497 e. The summed E-state index contributed by atoms with van der Waals surface area (Å²) in [5, 5.41) is 8.20. The van der Waals surface area contributed by atoms with Crippen LogP contribution in [-0.2, 0) is 7.05 Å². The second-order valence-corrected chi connectivity index (χ2v) is 5.02. The van der Waals surface area contributed by atoms with E-state index >= 15 is 0 Å². The maximum atomic E-state index is 12.1. The molecule has 0 saturated carbocycles. The number of methoxy groups -OCH3 is 1. The number of nitrogens with zero attached hydrogens (tertiary/aromatic N) is 2. The van der Waals surface area contributed by atoms with Gasteiger partial charge >= 0.3 is 5.69 Å². The number of hydrogen-bond donors (Lipinski definition) is 1. The van der Waals surface area contributed by atoms with Gasteiger partial charge in [0, 0.05) is 13.1 Å². The molecular formula is C12H15N3O2S. The Morgan fingerprint density at radius 2 is 2.17 bits per heavy atom. The molecule has 0 aliphatic carbocycles. The molecule has 0 unspecified atom stereocenters. The number of aryl methyl sites for hydroxylation is 1. The summed E-state index contributed by atoms with van der Waals surface area (Å²) in [6.07, 6.45) is 0. The molecule has 6 heteroatoms. The van der Waals surface area contributed by atoms with E-state index in [1.165, 1.54) is 16.3 Å². The lowest BCUT2D eigenvalue weighted by Gasteiger charge is -2.04. The van der Waals surface area contributed by atoms with Gasteiger partial charge in [0.15, 0.2) is 5.17 Å². The van der Waals surface area contributed by atoms with Gasteiger partial charge in [0.2, 0.25) is 0 Å². The van der Waals surface area contributed by atoms with Crippen molar-refractivity contribution in [2.24, 2.45) is 7.05 Å². The standard InChI is InChI=1S/C12H15N3O2S/c1-4-18-11(13)15-10-7-8(17-3)5-6-9(10)14(2)12(15)16/h5-7,13H,4H2,1-3H3. The number of thioether (sulfide) groups is 1. The number of imidazole rings is 1. The summed E-state index contributed by atoms with van der Waals surface area (Å²) >= 11 is 1.33. The SMILES string of the molecule is CCSC(=N)n1c(=O)n(C)c2ccc(OC)cc21. The highest BCUT2D eigenvalue weighted by molar-refractivity contribution is 8.13. The molecule has 2 rings (SSSR count). The topological polar surface area (TPSA) is 60.0 Å². The van der Waals surface area contributed by atoms with Crippen molar-refractivity contribution in [1.82, 2.24) is 9.13 Å². The Balaban J connectivity index is 2.74. The van der Waals surface area contributed by atoms with Gasteiger partial charge in [0.1, 0.15) is 5.75 Å². The Labute approximate surface area is 109 Å². The first-order chi connectivity index (χ1) is 8.60. The van der Waals surface area contributed by atoms with Crippen LogP contribution in [0.2, 0.25) is 0 Å². The van der Waals surface area contributed by atoms with Gasteiger partial charge in [0.25, 0.3) is 0 Å². The summed E-state index contributed by atoms with van der Waals surface area (Å²) in [5.74, 6) is 1.43. The van der Waals surface area contributed by atoms with Crippen LogP contribution in [0.25, 0.3) is 11.0 Å². The molecule has 0 spiro atoms. The van der Waals surface area contributed by atoms with E-state index in [4.69, 9.17) is 10.1 Å². The molecule has 0 amide bonds. The van der Waals surface area contributed by atoms with Crippen molar-refractivity contribution in [3.63, 3.8) is 0 Å². The van der Waals surface area contributed by atoms with Crippen molar-refractivity contribution in [2.75, 3.05) is 12.9 Å². The van der Waals surface area contributed by atoms with Crippen molar-refractivity contribution < 1.29 is 4.74 Å². The van der Waals surface area contributed by atoms with Crippen LogP contribution in [0.3, 0.4) is 0 Å². The van der Waals surface area contributed by atoms with Crippen LogP contribution in [0.15, 0.2) is 23.0 Å². The minimum absolute atomic E-state index is 0.204. The molecule has 18 heavy (non-hydrogen) atoms. The van der Waals surface area contributed by atoms with Crippen molar-refractivity contribution >= 4 is 28.0 Å². The Morgan fingerprint density at radius 1 is 1.44 bits per heavy atom. The highest BCUT2D eigenvalue weighted by Gasteiger charge is 2.14. The molecule has 1 N–H and O–H groups in total. The highest BCUT2D eigenvalue weighted by atomic mass is 32.2. The van der Waals surface area contributed by atoms with Crippen LogP contribution in [0.1, 0.15) is 6.92 Å². The fraction of sp³-hybridized carbons (Fsp3) is 0.333. The molecule has 0 radical (unpaired) electrons. The van der Waals surface area contributed by atoms with Crippen molar-refractivity contribution in [3.05, 3.63) is 28.7 Å². The third-order valence-electron chi connectivity index (χ3n) is 2.75. The summed E-state index contributed by atoms with van der Waals surface area (Å²) < 4.78 is 8.11. The van der Waals surface area contributed by atoms with Crippen molar-refractivity contribution in [2.45, 2.75) is 6.92 Å². The van der Waals surface area contributed by atoms with Gasteiger partial charge in [-0.15, -0.1) is 0 Å². The van der Waals surface area contributed by atoms with Gasteiger partial charge in [-0.25, -0.2) is 9.36 Å². The van der Waals surface area contributed by atoms with E-state index in [0.717, 1.165) is 11.3 Å². The van der Waals surface area contributed by atoms with Gasteiger partial charge in [-0.2, -0.15) is 0 Å². The highest BCUT2D eigenvalue weighted by Crippen LogP contribution is 2.20. The predicted octanol–water partition coefficient (Wildman–Crippen LogP) is 1.88. The zero-order chi connectivity index (χ0) is 13.3. The normalized spacial score (nSPS) is 10.8. The van der Waals surface area contributed by atoms with Gasteiger partial charge < -0.3 is 4.74 Å². The van der Waals surface area contributed by atoms with Crippen LogP contribution in [0.5, 0.6) is 5.75 Å². The number of benzene rings is 1. The maximum Gasteiger partial charge on any atom is 0.335 e. The third-order valence-corrected chi connectivity index (χ3v) is 3.49. The van der Waals surface area contributed by atoms with Crippen LogP contribution >= 0.6 is 11.8 Å². The maximum absolute atomic E-state index is 12.1. The zero-order valence-electron chi connectivity index (χ0n) is 10.6. The van der Waals surface area contributed by atoms with Crippen molar-refractivity contribution in [3.8, 4) is 5.75 Å². The molecule has 1 aromatic heterocycles. The second-order valence-electron chi connectivity index (χ2n) is 3.77. The smallest absolute Gasteiger partial charge is 0.335 e. The van der Waals surface area contributed by atoms with Crippen LogP contribution in [0.4, 0.5) is 0 Å². The first kappa shape index (κ1) is 12.8. The molecule has 0 atom stereocenters. The molecule has 1 heterocycles. The van der Waals surface area contributed by atoms with E-state index in [-0.39, 0.29) is 10.9 Å². The summed E-state index contributed by atoms with van der Waals surface area (Å²) in [5.41, 5.74) is 1.29. The lowest BCUT2D eigenvalue weighted by molar-refractivity contribution is 0.415. The lowest BCUT2D eigenvalue weighted by atomic mass is 10.3. The quantitative estimate of drug-likeness (QED) is 0.666. The van der Waals surface area contributed by atoms with E-state index in [1.807, 2.05) is 19.1 Å². The fourth-order valence-corrected chi connectivity index (χ4v) is 2.43. The zero-order valence-corrected chi connectivity index (χ0v) is 11.4. The van der Waals surface area contributed by atoms with Crippen molar-refractivity contribution in [1.29, 1.82) is 5.41 Å². The molecule has 96 valence electrons. The van der Waals surface area contributed by atoms with Crippen LogP contribution < -0.4 is 10.4 Å². The van der Waals surface area contributed by atoms with E-state index in [9.17, 15) is 4.79 Å². The van der Waals surface area contributed by atoms with Crippen LogP contribution in [-0.4, -0.2) is 27.2 Å². The average Bonchev–Trinajstić information content (AvgIpc) is 2.62. The first-order valence-electron chi connectivity index (χ1n) is 5.57. The van der Waals surface area contributed by atoms with Gasteiger partial charge in [-0.1, -0.05) is 18.7 Å². The summed E-state index contributed by atoms with van der Waals surface area (Å²) in [6, 6.07) is 5.42. The summed E-state index contributed by atoms with van der Waals surface area (Å²) in [7, 11) is 3.29. The number of aromatic nitrogens is 2. The Kier molecular flexibility index (Phi) is 3.47. The molecular weight excluding hydrogens is 250 g/mol. The molecule has 5 nitrogen and oxygen atoms in total. The summed E-state index contributed by atoms with van der Waals surface area (Å²) in [4.78, 5) is 12.1. The molecule has 0 aliphatic heterocycles. The first-order valence-corrected chi connectivity index (χ1v) is 6.56. The molecule has 0 saturated heterocycles. The van der Waals surface area contributed by atoms with E-state index in [0.29, 0.717) is 11.3 Å². The van der Waals surface area contributed by atoms with E-state index < -0.39 is 0 Å². The van der Waals surface area contributed by atoms with Crippen LogP contribution in [0, 0.1) is 5.41 Å². The lowest BCUT2D eigenvalue weighted by Crippen LogP contribution is -2.26. The number of fused-ring (bicyclic) bond motifs is 1. The molecule has 1 aromatic carbocycles. The van der Waals surface area contributed by atoms with Gasteiger partial charge in [0.05, 0.1) is 18.1 Å². The predicted molar refractivity (Wildman–Crippen MR) is 75.0 cm³/mol. The molecule has 2 aromatic rings. The van der Waals surface area contributed by atoms with Gasteiger partial charge in [-0.05, 0) is 17.9 Å². The summed E-state index contributed by atoms with van der Waals surface area (Å²) in [6.45, 7) is 1.95. The third kappa shape index (κ3) is 1.92. The number of nitrogens with one attached hydrogen (secondary N) is 1. The Bertz CT molecular complexity index is 657. The molecule has 0 bridgehead atoms. The second kappa shape index (κ2) is 4.89. The Morgan fingerprint density at radius 3 is 2.78 bits per heavy atom. The fourth-order valence-electron chi connectivity index (χ4n) is 1.85.